The van der Waals surface area contributed by atoms with Gasteiger partial charge in [-0.05, 0) is 51.0 Å². The Kier molecular flexibility index (Phi) is 9.76. The first-order valence-electron chi connectivity index (χ1n) is 8.96. The van der Waals surface area contributed by atoms with E-state index in [-0.39, 0.29) is 5.56 Å². The molecule has 27 heavy (non-hydrogen) atoms. The van der Waals surface area contributed by atoms with Crippen LogP contribution in [0.5, 0.6) is 0 Å². The van der Waals surface area contributed by atoms with Crippen molar-refractivity contribution in [2.75, 3.05) is 6.26 Å². The van der Waals surface area contributed by atoms with Crippen LogP contribution in [0.25, 0.3) is 0 Å². The van der Waals surface area contributed by atoms with Gasteiger partial charge < -0.3 is 0 Å². The third-order valence-corrected chi connectivity index (χ3v) is 5.78. The summed E-state index contributed by atoms with van der Waals surface area (Å²) < 4.78 is 1.85. The molecule has 146 valence electrons. The Balaban J connectivity index is 0.00000114. The Morgan fingerprint density at radius 2 is 1.89 bits per heavy atom. The molecule has 1 heterocycles. The van der Waals surface area contributed by atoms with Crippen molar-refractivity contribution in [2.45, 2.75) is 63.9 Å². The van der Waals surface area contributed by atoms with Gasteiger partial charge in [0.1, 0.15) is 0 Å². The number of thioether (sulfide) groups is 2. The lowest BCUT2D eigenvalue weighted by molar-refractivity contribution is 0.462. The van der Waals surface area contributed by atoms with Crippen LogP contribution in [0.15, 0.2) is 33.0 Å². The molecule has 0 fully saturated rings. The van der Waals surface area contributed by atoms with Crippen molar-refractivity contribution in [3.05, 3.63) is 50.9 Å². The third kappa shape index (κ3) is 6.79. The van der Waals surface area contributed by atoms with Gasteiger partial charge in [0, 0.05) is 12.3 Å². The summed E-state index contributed by atoms with van der Waals surface area (Å²) >= 11 is 3.14. The van der Waals surface area contributed by atoms with Gasteiger partial charge >= 0.3 is 0 Å². The van der Waals surface area contributed by atoms with Crippen molar-refractivity contribution >= 4 is 23.5 Å². The third-order valence-electron chi connectivity index (χ3n) is 3.88. The Morgan fingerprint density at radius 3 is 2.44 bits per heavy atom. The lowest BCUT2D eigenvalue weighted by Gasteiger charge is -2.16. The summed E-state index contributed by atoms with van der Waals surface area (Å²) in [6.45, 7) is 12.8. The van der Waals surface area contributed by atoms with E-state index in [9.17, 15) is 4.79 Å². The second kappa shape index (κ2) is 11.3. The molecule has 0 aliphatic heterocycles. The molecule has 1 aromatic heterocycles. The highest BCUT2D eigenvalue weighted by molar-refractivity contribution is 7.98. The summed E-state index contributed by atoms with van der Waals surface area (Å²) in [7, 11) is 0. The zero-order valence-corrected chi connectivity index (χ0v) is 19.1. The van der Waals surface area contributed by atoms with Gasteiger partial charge in [-0.2, -0.15) is 0 Å². The van der Waals surface area contributed by atoms with E-state index in [4.69, 9.17) is 4.98 Å². The fourth-order valence-electron chi connectivity index (χ4n) is 2.59. The van der Waals surface area contributed by atoms with Gasteiger partial charge in [-0.3, -0.25) is 9.36 Å². The minimum absolute atomic E-state index is 0.0900. The number of terminal acetylenes is 1. The predicted octanol–water partition coefficient (Wildman–Crippen LogP) is 5.48. The SMILES string of the molecule is C#CC.CSc1c(C)nc(SCc2cc(C)ccc2C)n(CC(C)C)c1=O. The lowest BCUT2D eigenvalue weighted by Crippen LogP contribution is -2.27. The molecule has 0 spiro atoms. The van der Waals surface area contributed by atoms with Gasteiger partial charge in [-0.25, -0.2) is 4.98 Å². The van der Waals surface area contributed by atoms with Crippen LogP contribution in [0.2, 0.25) is 0 Å². The van der Waals surface area contributed by atoms with Crippen LogP contribution < -0.4 is 5.56 Å². The molecule has 0 aliphatic rings. The number of hydrogen-bond donors (Lipinski definition) is 0. The molecule has 2 rings (SSSR count). The standard InChI is InChI=1S/C19H26N2OS2.C3H4/c1-12(2)10-21-18(22)17(23-6)15(5)20-19(21)24-11-16-9-13(3)7-8-14(16)4;1-3-2/h7-9,12H,10-11H2,1-6H3;1H,2H3. The van der Waals surface area contributed by atoms with Crippen molar-refractivity contribution in [2.24, 2.45) is 5.92 Å². The molecule has 2 aromatic rings. The number of hydrogen-bond acceptors (Lipinski definition) is 4. The van der Waals surface area contributed by atoms with Crippen LogP contribution >= 0.6 is 23.5 Å². The normalized spacial score (nSPS) is 10.3. The van der Waals surface area contributed by atoms with Crippen LogP contribution in [0.3, 0.4) is 0 Å². The average Bonchev–Trinajstić information content (AvgIpc) is 2.59. The predicted molar refractivity (Wildman–Crippen MR) is 120 cm³/mol. The van der Waals surface area contributed by atoms with Crippen molar-refractivity contribution in [3.63, 3.8) is 0 Å². The summed E-state index contributed by atoms with van der Waals surface area (Å²) in [4.78, 5) is 18.3. The minimum Gasteiger partial charge on any atom is -0.286 e. The number of aromatic nitrogens is 2. The Labute approximate surface area is 172 Å². The summed E-state index contributed by atoms with van der Waals surface area (Å²) in [5.74, 6) is 3.48. The van der Waals surface area contributed by atoms with E-state index in [1.807, 2.05) is 17.7 Å². The van der Waals surface area contributed by atoms with Gasteiger partial charge in [-0.15, -0.1) is 24.1 Å². The van der Waals surface area contributed by atoms with Gasteiger partial charge in [0.15, 0.2) is 5.16 Å². The summed E-state index contributed by atoms with van der Waals surface area (Å²) in [5, 5.41) is 0.824. The number of aryl methyl sites for hydroxylation is 3. The Bertz CT molecular complexity index is 864. The fraction of sp³-hybridized carbons (Fsp3) is 0.455. The first kappa shape index (κ1) is 23.4. The lowest BCUT2D eigenvalue weighted by atomic mass is 10.1. The largest absolute Gasteiger partial charge is 0.286 e. The fourth-order valence-corrected chi connectivity index (χ4v) is 4.32. The maximum Gasteiger partial charge on any atom is 0.268 e. The molecule has 0 bridgehead atoms. The van der Waals surface area contributed by atoms with E-state index in [1.165, 1.54) is 28.5 Å². The maximum absolute atomic E-state index is 12.8. The van der Waals surface area contributed by atoms with E-state index in [2.05, 4.69) is 58.2 Å². The monoisotopic (exact) mass is 402 g/mol. The molecule has 0 saturated heterocycles. The molecule has 0 saturated carbocycles. The van der Waals surface area contributed by atoms with Gasteiger partial charge in [0.2, 0.25) is 0 Å². The van der Waals surface area contributed by atoms with E-state index < -0.39 is 0 Å². The van der Waals surface area contributed by atoms with Crippen molar-refractivity contribution < 1.29 is 0 Å². The first-order valence-corrected chi connectivity index (χ1v) is 11.2. The molecule has 0 amide bonds. The molecule has 5 heteroatoms. The maximum atomic E-state index is 12.8. The van der Waals surface area contributed by atoms with Crippen LogP contribution in [0, 0.1) is 39.0 Å². The highest BCUT2D eigenvalue weighted by Gasteiger charge is 2.15. The molecule has 0 unspecified atom stereocenters. The van der Waals surface area contributed by atoms with E-state index in [0.29, 0.717) is 12.5 Å². The minimum atomic E-state index is 0.0900. The molecular formula is C22H30N2OS2. The quantitative estimate of drug-likeness (QED) is 0.364. The topological polar surface area (TPSA) is 34.9 Å². The number of rotatable bonds is 6. The van der Waals surface area contributed by atoms with Crippen LogP contribution in [0.4, 0.5) is 0 Å². The summed E-state index contributed by atoms with van der Waals surface area (Å²) in [6.07, 6.45) is 6.54. The molecule has 0 aliphatic carbocycles. The highest BCUT2D eigenvalue weighted by atomic mass is 32.2. The average molecular weight is 403 g/mol. The van der Waals surface area contributed by atoms with Crippen molar-refractivity contribution in [1.29, 1.82) is 0 Å². The zero-order valence-electron chi connectivity index (χ0n) is 17.4. The number of nitrogens with zero attached hydrogens (tertiary/aromatic N) is 2. The Morgan fingerprint density at radius 1 is 1.26 bits per heavy atom. The summed E-state index contributed by atoms with van der Waals surface area (Å²) in [6, 6.07) is 6.51. The van der Waals surface area contributed by atoms with Crippen LogP contribution in [-0.2, 0) is 12.3 Å². The van der Waals surface area contributed by atoms with Gasteiger partial charge in [-0.1, -0.05) is 49.4 Å². The molecule has 1 aromatic carbocycles. The van der Waals surface area contributed by atoms with Crippen molar-refractivity contribution in [1.82, 2.24) is 9.55 Å². The first-order chi connectivity index (χ1) is 12.7. The van der Waals surface area contributed by atoms with E-state index >= 15 is 0 Å². The molecule has 0 N–H and O–H groups in total. The van der Waals surface area contributed by atoms with E-state index in [1.54, 1.807) is 18.7 Å². The summed E-state index contributed by atoms with van der Waals surface area (Å²) in [5.41, 5.74) is 4.76. The second-order valence-corrected chi connectivity index (χ2v) is 8.59. The van der Waals surface area contributed by atoms with Crippen LogP contribution in [0.1, 0.15) is 43.2 Å². The van der Waals surface area contributed by atoms with Gasteiger partial charge in [0.05, 0.1) is 10.6 Å². The van der Waals surface area contributed by atoms with Gasteiger partial charge in [0.25, 0.3) is 5.56 Å². The molecule has 0 atom stereocenters. The van der Waals surface area contributed by atoms with Crippen molar-refractivity contribution in [3.8, 4) is 12.3 Å². The molecular weight excluding hydrogens is 372 g/mol. The second-order valence-electron chi connectivity index (χ2n) is 6.83. The molecule has 3 nitrogen and oxygen atoms in total. The van der Waals surface area contributed by atoms with E-state index in [0.717, 1.165) is 21.5 Å². The Hall–Kier alpha value is -1.64. The highest BCUT2D eigenvalue weighted by Crippen LogP contribution is 2.25. The number of benzene rings is 1. The smallest absolute Gasteiger partial charge is 0.268 e. The van der Waals surface area contributed by atoms with Crippen LogP contribution in [-0.4, -0.2) is 15.8 Å². The molecule has 0 radical (unpaired) electrons. The zero-order chi connectivity index (χ0) is 20.6.